The molecule has 2 aromatic rings. The molecular weight excluding hydrogens is 244 g/mol. The van der Waals surface area contributed by atoms with E-state index in [2.05, 4.69) is 28.4 Å². The number of pyridine rings is 1. The minimum absolute atomic E-state index is 0.0577. The molecule has 2 heterocycles. The van der Waals surface area contributed by atoms with Crippen LogP contribution in [-0.2, 0) is 6.42 Å². The van der Waals surface area contributed by atoms with Gasteiger partial charge >= 0.3 is 0 Å². The van der Waals surface area contributed by atoms with Gasteiger partial charge in [-0.2, -0.15) is 0 Å². The minimum atomic E-state index is 0.0577. The number of hydrogen-bond donors (Lipinski definition) is 2. The maximum absolute atomic E-state index is 5.65. The molecule has 0 aliphatic carbocycles. The number of nitrogens with one attached hydrogen (secondary N) is 1. The van der Waals surface area contributed by atoms with Crippen molar-refractivity contribution in [2.24, 2.45) is 5.84 Å². The van der Waals surface area contributed by atoms with E-state index in [1.165, 1.54) is 4.88 Å². The number of rotatable bonds is 4. The van der Waals surface area contributed by atoms with Gasteiger partial charge in [-0.3, -0.25) is 16.3 Å². The molecule has 0 radical (unpaired) electrons. The Bertz CT molecular complexity index is 516. The van der Waals surface area contributed by atoms with Crippen molar-refractivity contribution >= 4 is 11.3 Å². The zero-order valence-electron chi connectivity index (χ0n) is 10.9. The van der Waals surface area contributed by atoms with Gasteiger partial charge < -0.3 is 0 Å². The van der Waals surface area contributed by atoms with Crippen LogP contribution >= 0.6 is 11.3 Å². The van der Waals surface area contributed by atoms with Crippen LogP contribution in [0.15, 0.2) is 18.5 Å². The van der Waals surface area contributed by atoms with Gasteiger partial charge in [0, 0.05) is 23.7 Å². The number of aromatic nitrogens is 2. The van der Waals surface area contributed by atoms with Gasteiger partial charge in [0.05, 0.1) is 16.7 Å². The predicted molar refractivity (Wildman–Crippen MR) is 74.3 cm³/mol. The lowest BCUT2D eigenvalue weighted by molar-refractivity contribution is 0.548. The summed E-state index contributed by atoms with van der Waals surface area (Å²) in [7, 11) is 0. The lowest BCUT2D eigenvalue weighted by atomic mass is 10.1. The van der Waals surface area contributed by atoms with Gasteiger partial charge in [0.15, 0.2) is 0 Å². The highest BCUT2D eigenvalue weighted by molar-refractivity contribution is 7.11. The van der Waals surface area contributed by atoms with Gasteiger partial charge in [0.25, 0.3) is 0 Å². The molecule has 2 aromatic heterocycles. The smallest absolute Gasteiger partial charge is 0.0950 e. The van der Waals surface area contributed by atoms with Crippen molar-refractivity contribution in [1.29, 1.82) is 0 Å². The lowest BCUT2D eigenvalue weighted by Gasteiger charge is -2.14. The monoisotopic (exact) mass is 262 g/mol. The summed E-state index contributed by atoms with van der Waals surface area (Å²) >= 11 is 1.73. The van der Waals surface area contributed by atoms with Crippen LogP contribution in [0.5, 0.6) is 0 Å². The molecule has 1 unspecified atom stereocenters. The van der Waals surface area contributed by atoms with Crippen LogP contribution in [0.1, 0.15) is 32.7 Å². The fourth-order valence-electron chi connectivity index (χ4n) is 1.84. The third-order valence-electron chi connectivity index (χ3n) is 2.95. The molecule has 96 valence electrons. The second-order valence-corrected chi connectivity index (χ2v) is 5.76. The second kappa shape index (κ2) is 5.56. The van der Waals surface area contributed by atoms with E-state index < -0.39 is 0 Å². The lowest BCUT2D eigenvalue weighted by Crippen LogP contribution is -2.29. The molecule has 18 heavy (non-hydrogen) atoms. The van der Waals surface area contributed by atoms with Gasteiger partial charge in [-0.1, -0.05) is 6.07 Å². The molecule has 0 amide bonds. The van der Waals surface area contributed by atoms with Crippen molar-refractivity contribution in [3.05, 3.63) is 45.2 Å². The summed E-state index contributed by atoms with van der Waals surface area (Å²) in [4.78, 5) is 10.0. The first kappa shape index (κ1) is 13.1. The first-order valence-electron chi connectivity index (χ1n) is 5.90. The Morgan fingerprint density at radius 1 is 1.33 bits per heavy atom. The summed E-state index contributed by atoms with van der Waals surface area (Å²) in [5.41, 5.74) is 6.19. The molecule has 4 nitrogen and oxygen atoms in total. The molecule has 1 atom stereocenters. The molecule has 0 saturated carbocycles. The molecule has 0 bridgehead atoms. The average Bonchev–Trinajstić information content (AvgIpc) is 2.65. The van der Waals surface area contributed by atoms with Gasteiger partial charge in [-0.15, -0.1) is 11.3 Å². The summed E-state index contributed by atoms with van der Waals surface area (Å²) in [5.74, 6) is 5.65. The summed E-state index contributed by atoms with van der Waals surface area (Å²) in [6.45, 7) is 6.16. The van der Waals surface area contributed by atoms with Gasteiger partial charge in [-0.25, -0.2) is 4.98 Å². The maximum atomic E-state index is 5.65. The zero-order chi connectivity index (χ0) is 13.1. The van der Waals surface area contributed by atoms with Crippen molar-refractivity contribution in [2.45, 2.75) is 33.2 Å². The van der Waals surface area contributed by atoms with Crippen LogP contribution < -0.4 is 11.3 Å². The molecule has 0 aromatic carbocycles. The first-order valence-corrected chi connectivity index (χ1v) is 6.72. The van der Waals surface area contributed by atoms with Crippen molar-refractivity contribution in [2.75, 3.05) is 0 Å². The van der Waals surface area contributed by atoms with Gasteiger partial charge in [0.2, 0.25) is 0 Å². The van der Waals surface area contributed by atoms with Crippen LogP contribution in [-0.4, -0.2) is 9.97 Å². The Morgan fingerprint density at radius 2 is 2.11 bits per heavy atom. The van der Waals surface area contributed by atoms with Crippen LogP contribution in [0, 0.1) is 20.8 Å². The molecule has 0 spiro atoms. The Labute approximate surface area is 111 Å². The second-order valence-electron chi connectivity index (χ2n) is 4.47. The van der Waals surface area contributed by atoms with E-state index in [0.717, 1.165) is 28.2 Å². The fourth-order valence-corrected chi connectivity index (χ4v) is 2.82. The third kappa shape index (κ3) is 2.93. The molecule has 0 fully saturated rings. The van der Waals surface area contributed by atoms with E-state index >= 15 is 0 Å². The topological polar surface area (TPSA) is 63.8 Å². The van der Waals surface area contributed by atoms with Crippen molar-refractivity contribution < 1.29 is 0 Å². The Kier molecular flexibility index (Phi) is 4.06. The molecule has 0 saturated heterocycles. The van der Waals surface area contributed by atoms with Crippen LogP contribution in [0.25, 0.3) is 0 Å². The van der Waals surface area contributed by atoms with E-state index in [1.54, 1.807) is 11.3 Å². The quantitative estimate of drug-likeness (QED) is 0.655. The largest absolute Gasteiger partial charge is 0.271 e. The van der Waals surface area contributed by atoms with Crippen molar-refractivity contribution in [3.63, 3.8) is 0 Å². The highest BCUT2D eigenvalue weighted by atomic mass is 32.1. The summed E-state index contributed by atoms with van der Waals surface area (Å²) in [6.07, 6.45) is 4.49. The molecule has 0 aliphatic rings. The highest BCUT2D eigenvalue weighted by Crippen LogP contribution is 2.23. The van der Waals surface area contributed by atoms with Crippen molar-refractivity contribution in [1.82, 2.24) is 15.4 Å². The van der Waals surface area contributed by atoms with E-state index in [9.17, 15) is 0 Å². The van der Waals surface area contributed by atoms with E-state index in [-0.39, 0.29) is 6.04 Å². The fraction of sp³-hybridized carbons (Fsp3) is 0.385. The maximum Gasteiger partial charge on any atom is 0.0950 e. The Hall–Kier alpha value is -1.30. The number of hydrazine groups is 1. The molecule has 2 rings (SSSR count). The van der Waals surface area contributed by atoms with Crippen LogP contribution in [0.2, 0.25) is 0 Å². The summed E-state index contributed by atoms with van der Waals surface area (Å²) in [5, 5.41) is 1.11. The Morgan fingerprint density at radius 3 is 2.67 bits per heavy atom. The number of thiazole rings is 1. The molecule has 5 heteroatoms. The highest BCUT2D eigenvalue weighted by Gasteiger charge is 2.14. The minimum Gasteiger partial charge on any atom is -0.271 e. The van der Waals surface area contributed by atoms with Crippen LogP contribution in [0.3, 0.4) is 0 Å². The van der Waals surface area contributed by atoms with Gasteiger partial charge in [-0.05, 0) is 31.9 Å². The van der Waals surface area contributed by atoms with E-state index in [1.807, 2.05) is 26.2 Å². The SMILES string of the molecule is Cc1cncc(C(Cc2nc(C)c(C)s2)NN)c1. The molecular formula is C13H18N4S. The third-order valence-corrected chi connectivity index (χ3v) is 4.05. The van der Waals surface area contributed by atoms with E-state index in [0.29, 0.717) is 0 Å². The number of nitrogens with zero attached hydrogens (tertiary/aromatic N) is 2. The summed E-state index contributed by atoms with van der Waals surface area (Å²) in [6, 6.07) is 2.16. The Balaban J connectivity index is 2.19. The summed E-state index contributed by atoms with van der Waals surface area (Å²) < 4.78 is 0. The van der Waals surface area contributed by atoms with E-state index in [4.69, 9.17) is 5.84 Å². The number of nitrogens with two attached hydrogens (primary N) is 1. The molecule has 0 aliphatic heterocycles. The zero-order valence-corrected chi connectivity index (χ0v) is 11.7. The first-order chi connectivity index (χ1) is 8.60. The van der Waals surface area contributed by atoms with Crippen molar-refractivity contribution in [3.8, 4) is 0 Å². The van der Waals surface area contributed by atoms with Gasteiger partial charge in [0.1, 0.15) is 0 Å². The number of aryl methyl sites for hydroxylation is 3. The normalized spacial score (nSPS) is 12.7. The number of hydrogen-bond acceptors (Lipinski definition) is 5. The standard InChI is InChI=1S/C13H18N4S/c1-8-4-11(7-15-6-8)12(17-14)5-13-16-9(2)10(3)18-13/h4,6-7,12,17H,5,14H2,1-3H3. The predicted octanol–water partition coefficient (Wildman–Crippen LogP) is 2.21. The molecule has 3 N–H and O–H groups in total. The average molecular weight is 262 g/mol. The van der Waals surface area contributed by atoms with Crippen LogP contribution in [0.4, 0.5) is 0 Å².